The number of carbonyl (C=O) groups is 4. The lowest BCUT2D eigenvalue weighted by Gasteiger charge is -2.23. The van der Waals surface area contributed by atoms with Crippen LogP contribution in [0, 0.1) is 23.7 Å². The summed E-state index contributed by atoms with van der Waals surface area (Å²) in [6.45, 7) is 5.06. The molecule has 1 heterocycles. The van der Waals surface area contributed by atoms with E-state index in [4.69, 9.17) is 4.74 Å². The number of fused-ring (bicyclic) bond motifs is 5. The Hall–Kier alpha value is -2.70. The second-order valence-corrected chi connectivity index (χ2v) is 8.92. The molecule has 2 aliphatic carbocycles. The van der Waals surface area contributed by atoms with Crippen LogP contribution in [0.2, 0.25) is 0 Å². The number of benzene rings is 1. The second-order valence-electron chi connectivity index (χ2n) is 8.92. The third-order valence-electron chi connectivity index (χ3n) is 7.30. The molecule has 0 aromatic heterocycles. The van der Waals surface area contributed by atoms with Crippen molar-refractivity contribution in [1.29, 1.82) is 0 Å². The van der Waals surface area contributed by atoms with Gasteiger partial charge in [-0.3, -0.25) is 19.3 Å². The number of amides is 3. The zero-order valence-electron chi connectivity index (χ0n) is 18.3. The molecule has 7 heteroatoms. The number of aryl methyl sites for hydroxylation is 2. The fraction of sp³-hybridized carbons (Fsp3) is 0.583. The van der Waals surface area contributed by atoms with Crippen LogP contribution in [0.1, 0.15) is 51.2 Å². The Morgan fingerprint density at radius 1 is 1.06 bits per heavy atom. The maximum Gasteiger partial charge on any atom is 0.329 e. The molecule has 7 nitrogen and oxygen atoms in total. The number of nitrogens with zero attached hydrogens (tertiary/aromatic N) is 1. The van der Waals surface area contributed by atoms with E-state index in [2.05, 4.69) is 5.32 Å². The predicted molar refractivity (Wildman–Crippen MR) is 114 cm³/mol. The van der Waals surface area contributed by atoms with Gasteiger partial charge in [0, 0.05) is 5.69 Å². The molecule has 4 rings (SSSR count). The lowest BCUT2D eigenvalue weighted by Crippen LogP contribution is -2.45. The molecule has 0 radical (unpaired) electrons. The first-order valence-electron chi connectivity index (χ1n) is 11.3. The van der Waals surface area contributed by atoms with Crippen molar-refractivity contribution in [2.75, 3.05) is 11.9 Å². The molecule has 2 saturated carbocycles. The van der Waals surface area contributed by atoms with Gasteiger partial charge in [0.15, 0.2) is 6.61 Å². The van der Waals surface area contributed by atoms with E-state index in [0.29, 0.717) is 0 Å². The smallest absolute Gasteiger partial charge is 0.329 e. The normalized spacial score (nSPS) is 27.4. The average molecular weight is 427 g/mol. The number of imide groups is 1. The molecular formula is C24H30N2O5. The van der Waals surface area contributed by atoms with Gasteiger partial charge < -0.3 is 10.1 Å². The van der Waals surface area contributed by atoms with Gasteiger partial charge in [-0.2, -0.15) is 0 Å². The molecule has 1 aromatic carbocycles. The summed E-state index contributed by atoms with van der Waals surface area (Å²) in [5, 5.41) is 2.85. The number of rotatable bonds is 7. The Morgan fingerprint density at radius 2 is 1.61 bits per heavy atom. The highest BCUT2D eigenvalue weighted by Gasteiger charge is 2.62. The summed E-state index contributed by atoms with van der Waals surface area (Å²) >= 11 is 0. The number of carbonyl (C=O) groups excluding carboxylic acids is 4. The topological polar surface area (TPSA) is 92.8 Å². The number of para-hydroxylation sites is 1. The Kier molecular flexibility index (Phi) is 5.86. The van der Waals surface area contributed by atoms with Gasteiger partial charge in [-0.1, -0.05) is 32.0 Å². The van der Waals surface area contributed by atoms with Gasteiger partial charge in [0.05, 0.1) is 11.8 Å². The SMILES string of the molecule is CCc1cccc(CC)c1NC(=O)COC(=O)[C@H](C)N1C(=O)[C@@H]2[C@@H]3CC[C@H](C3)[C@@H]2C1=O. The molecule has 1 aromatic rings. The quantitative estimate of drug-likeness (QED) is 0.535. The van der Waals surface area contributed by atoms with Gasteiger partial charge in [-0.05, 0) is 62.0 Å². The Labute approximate surface area is 182 Å². The summed E-state index contributed by atoms with van der Waals surface area (Å²) in [4.78, 5) is 51.8. The Balaban J connectivity index is 1.37. The molecule has 1 N–H and O–H groups in total. The fourth-order valence-electron chi connectivity index (χ4n) is 5.75. The van der Waals surface area contributed by atoms with Crippen molar-refractivity contribution in [3.05, 3.63) is 29.3 Å². The summed E-state index contributed by atoms with van der Waals surface area (Å²) in [6.07, 6.45) is 4.44. The monoisotopic (exact) mass is 426 g/mol. The summed E-state index contributed by atoms with van der Waals surface area (Å²) in [7, 11) is 0. The van der Waals surface area contributed by atoms with Crippen LogP contribution in [0.3, 0.4) is 0 Å². The molecular weight excluding hydrogens is 396 g/mol. The van der Waals surface area contributed by atoms with E-state index < -0.39 is 24.5 Å². The number of hydrogen-bond donors (Lipinski definition) is 1. The van der Waals surface area contributed by atoms with Gasteiger partial charge in [0.25, 0.3) is 5.91 Å². The summed E-state index contributed by atoms with van der Waals surface area (Å²) < 4.78 is 5.19. The molecule has 166 valence electrons. The van der Waals surface area contributed by atoms with E-state index in [1.54, 1.807) is 0 Å². The lowest BCUT2D eigenvalue weighted by atomic mass is 9.81. The number of esters is 1. The van der Waals surface area contributed by atoms with E-state index in [0.717, 1.165) is 53.8 Å². The highest BCUT2D eigenvalue weighted by atomic mass is 16.5. The summed E-state index contributed by atoms with van der Waals surface area (Å²) in [5.41, 5.74) is 2.79. The Bertz CT molecular complexity index is 876. The molecule has 0 spiro atoms. The molecule has 31 heavy (non-hydrogen) atoms. The minimum atomic E-state index is -1.02. The number of hydrogen-bond acceptors (Lipinski definition) is 5. The molecule has 3 fully saturated rings. The average Bonchev–Trinajstić information content (AvgIpc) is 3.45. The number of nitrogens with one attached hydrogen (secondary N) is 1. The van der Waals surface area contributed by atoms with Gasteiger partial charge in [-0.25, -0.2) is 4.79 Å². The molecule has 2 bridgehead atoms. The third kappa shape index (κ3) is 3.64. The first kappa shape index (κ1) is 21.5. The van der Waals surface area contributed by atoms with Crippen LogP contribution in [0.25, 0.3) is 0 Å². The zero-order valence-corrected chi connectivity index (χ0v) is 18.3. The minimum absolute atomic E-state index is 0.249. The van der Waals surface area contributed by atoms with Crippen LogP contribution in [-0.4, -0.2) is 41.2 Å². The highest BCUT2D eigenvalue weighted by Crippen LogP contribution is 2.56. The lowest BCUT2D eigenvalue weighted by molar-refractivity contribution is -0.159. The van der Waals surface area contributed by atoms with E-state index >= 15 is 0 Å². The summed E-state index contributed by atoms with van der Waals surface area (Å²) in [6, 6.07) is 4.85. The van der Waals surface area contributed by atoms with Crippen LogP contribution >= 0.6 is 0 Å². The van der Waals surface area contributed by atoms with Crippen molar-refractivity contribution in [3.63, 3.8) is 0 Å². The first-order chi connectivity index (χ1) is 14.9. The fourth-order valence-corrected chi connectivity index (χ4v) is 5.75. The van der Waals surface area contributed by atoms with Crippen LogP contribution in [0.15, 0.2) is 18.2 Å². The van der Waals surface area contributed by atoms with Crippen molar-refractivity contribution in [2.24, 2.45) is 23.7 Å². The van der Waals surface area contributed by atoms with Crippen LogP contribution in [0.5, 0.6) is 0 Å². The van der Waals surface area contributed by atoms with Gasteiger partial charge in [-0.15, -0.1) is 0 Å². The number of likely N-dealkylation sites (tertiary alicyclic amines) is 1. The van der Waals surface area contributed by atoms with Gasteiger partial charge in [0.1, 0.15) is 6.04 Å². The Morgan fingerprint density at radius 3 is 2.13 bits per heavy atom. The number of ether oxygens (including phenoxy) is 1. The minimum Gasteiger partial charge on any atom is -0.454 e. The maximum absolute atomic E-state index is 12.9. The van der Waals surface area contributed by atoms with Crippen molar-refractivity contribution in [3.8, 4) is 0 Å². The van der Waals surface area contributed by atoms with Crippen molar-refractivity contribution >= 4 is 29.4 Å². The maximum atomic E-state index is 12.9. The van der Waals surface area contributed by atoms with Gasteiger partial charge in [0.2, 0.25) is 11.8 Å². The van der Waals surface area contributed by atoms with E-state index in [1.165, 1.54) is 6.92 Å². The second kappa shape index (κ2) is 8.44. The van der Waals surface area contributed by atoms with E-state index in [1.807, 2.05) is 32.0 Å². The number of anilines is 1. The van der Waals surface area contributed by atoms with Crippen LogP contribution in [0.4, 0.5) is 5.69 Å². The van der Waals surface area contributed by atoms with Crippen molar-refractivity contribution < 1.29 is 23.9 Å². The first-order valence-corrected chi connectivity index (χ1v) is 11.3. The predicted octanol–water partition coefficient (Wildman–Crippen LogP) is 2.71. The molecule has 3 aliphatic rings. The molecule has 5 atom stereocenters. The molecule has 3 amide bonds. The molecule has 1 aliphatic heterocycles. The van der Waals surface area contributed by atoms with Crippen LogP contribution < -0.4 is 5.32 Å². The van der Waals surface area contributed by atoms with E-state index in [9.17, 15) is 19.2 Å². The zero-order chi connectivity index (χ0) is 22.3. The third-order valence-corrected chi connectivity index (χ3v) is 7.30. The summed E-state index contributed by atoms with van der Waals surface area (Å²) in [5.74, 6) is -1.70. The van der Waals surface area contributed by atoms with E-state index in [-0.39, 0.29) is 35.5 Å². The standard InChI is InChI=1S/C24H30N2O5/c1-4-14-7-6-8-15(5-2)21(14)25-18(27)12-31-24(30)13(3)26-22(28)19-16-9-10-17(11-16)20(19)23(26)29/h6-8,13,16-17,19-20H,4-5,9-12H2,1-3H3,(H,25,27)/t13-,16+,17+,19-,20+/m0/s1. The van der Waals surface area contributed by atoms with Crippen molar-refractivity contribution in [2.45, 2.75) is 58.9 Å². The van der Waals surface area contributed by atoms with Crippen molar-refractivity contribution in [1.82, 2.24) is 4.90 Å². The molecule has 0 unspecified atom stereocenters. The largest absolute Gasteiger partial charge is 0.454 e. The van der Waals surface area contributed by atoms with Gasteiger partial charge >= 0.3 is 5.97 Å². The van der Waals surface area contributed by atoms with Crippen LogP contribution in [-0.2, 0) is 36.8 Å². The highest BCUT2D eigenvalue weighted by molar-refractivity contribution is 6.08. The molecule has 1 saturated heterocycles.